The van der Waals surface area contributed by atoms with Gasteiger partial charge in [0.15, 0.2) is 0 Å². The van der Waals surface area contributed by atoms with Crippen LogP contribution in [0.25, 0.3) is 28.1 Å². The molecule has 0 atom stereocenters. The highest BCUT2D eigenvalue weighted by Gasteiger charge is 2.25. The number of halogens is 1. The lowest BCUT2D eigenvalue weighted by Crippen LogP contribution is -1.97. The van der Waals surface area contributed by atoms with Gasteiger partial charge in [0, 0.05) is 11.6 Å². The van der Waals surface area contributed by atoms with Crippen LogP contribution in [0.2, 0.25) is 0 Å². The molecular formula is C28H20FNO3. The van der Waals surface area contributed by atoms with Crippen LogP contribution in [0.1, 0.15) is 30.0 Å². The molecule has 0 saturated heterocycles. The molecule has 0 aliphatic heterocycles. The van der Waals surface area contributed by atoms with Crippen LogP contribution in [0.3, 0.4) is 0 Å². The Kier molecular flexibility index (Phi) is 5.23. The number of benzene rings is 3. The molecule has 1 aromatic heterocycles. The highest BCUT2D eigenvalue weighted by molar-refractivity contribution is 6.07. The lowest BCUT2D eigenvalue weighted by Gasteiger charge is -2.09. The first-order valence-corrected chi connectivity index (χ1v) is 10.5. The molecule has 5 heteroatoms. The Balaban J connectivity index is 1.46. The van der Waals surface area contributed by atoms with E-state index in [9.17, 15) is 14.3 Å². The summed E-state index contributed by atoms with van der Waals surface area (Å²) in [4.78, 5) is 15.7. The van der Waals surface area contributed by atoms with Crippen LogP contribution >= 0.6 is 0 Å². The molecule has 162 valence electrons. The summed E-state index contributed by atoms with van der Waals surface area (Å²) in [5.74, 6) is 0.110. The fourth-order valence-corrected chi connectivity index (χ4v) is 4.22. The maximum Gasteiger partial charge on any atom is 0.307 e. The Morgan fingerprint density at radius 2 is 1.85 bits per heavy atom. The third kappa shape index (κ3) is 4.01. The molecule has 1 aliphatic rings. The number of carbonyl (C=O) groups is 1. The zero-order valence-electron chi connectivity index (χ0n) is 17.9. The molecule has 0 spiro atoms. The van der Waals surface area contributed by atoms with Gasteiger partial charge >= 0.3 is 5.97 Å². The monoisotopic (exact) mass is 437 g/mol. The van der Waals surface area contributed by atoms with Crippen LogP contribution in [-0.4, -0.2) is 16.1 Å². The number of hydrogen-bond donors (Lipinski definition) is 1. The maximum atomic E-state index is 13.9. The second-order valence-corrected chi connectivity index (χ2v) is 7.92. The van der Waals surface area contributed by atoms with Gasteiger partial charge in [-0.05, 0) is 94.9 Å². The Morgan fingerprint density at radius 3 is 2.64 bits per heavy atom. The van der Waals surface area contributed by atoms with Gasteiger partial charge in [0.1, 0.15) is 17.3 Å². The van der Waals surface area contributed by atoms with Crippen LogP contribution in [0, 0.1) is 5.82 Å². The molecule has 1 aliphatic carbocycles. The number of ether oxygens (including phenoxy) is 1. The highest BCUT2D eigenvalue weighted by atomic mass is 19.1. The standard InChI is InChI=1S/C28H20FNO3/c1-17-23(21-12-9-19(29)15-25(21)24(17)16-28(31)32)14-18-7-10-20(11-8-18)33-27-6-2-5-26-22(27)4-3-13-30-26/h2-15H,16H2,1H3,(H,31,32)/b23-14-. The van der Waals surface area contributed by atoms with Gasteiger partial charge in [-0.3, -0.25) is 9.78 Å². The quantitative estimate of drug-likeness (QED) is 0.366. The summed E-state index contributed by atoms with van der Waals surface area (Å²) in [5, 5.41) is 10.3. The first-order chi connectivity index (χ1) is 16.0. The number of carboxylic acids is 1. The van der Waals surface area contributed by atoms with Crippen LogP contribution in [-0.2, 0) is 4.79 Å². The summed E-state index contributed by atoms with van der Waals surface area (Å²) in [6.07, 6.45) is 3.60. The van der Waals surface area contributed by atoms with Crippen molar-refractivity contribution >= 4 is 34.1 Å². The van der Waals surface area contributed by atoms with E-state index >= 15 is 0 Å². The molecule has 3 aromatic carbocycles. The van der Waals surface area contributed by atoms with Gasteiger partial charge in [-0.25, -0.2) is 4.39 Å². The SMILES string of the molecule is CC1=C(CC(=O)O)c2cc(F)ccc2/C1=C\c1ccc(Oc2cccc3ncccc23)cc1. The third-order valence-corrected chi connectivity index (χ3v) is 5.81. The summed E-state index contributed by atoms with van der Waals surface area (Å²) >= 11 is 0. The third-order valence-electron chi connectivity index (χ3n) is 5.81. The van der Waals surface area contributed by atoms with E-state index in [2.05, 4.69) is 4.98 Å². The molecule has 4 aromatic rings. The molecule has 1 N–H and O–H groups in total. The summed E-state index contributed by atoms with van der Waals surface area (Å²) in [6.45, 7) is 1.88. The lowest BCUT2D eigenvalue weighted by molar-refractivity contribution is -0.135. The number of aromatic nitrogens is 1. The van der Waals surface area contributed by atoms with E-state index in [0.717, 1.165) is 38.9 Å². The molecule has 0 unspecified atom stereocenters. The molecule has 1 heterocycles. The van der Waals surface area contributed by atoms with Crippen molar-refractivity contribution < 1.29 is 19.0 Å². The van der Waals surface area contributed by atoms with Gasteiger partial charge in [-0.15, -0.1) is 0 Å². The number of aliphatic carboxylic acids is 1. The summed E-state index contributed by atoms with van der Waals surface area (Å²) in [6, 6.07) is 21.8. The molecule has 0 amide bonds. The Morgan fingerprint density at radius 1 is 1.03 bits per heavy atom. The van der Waals surface area contributed by atoms with E-state index in [1.807, 2.05) is 67.6 Å². The Bertz CT molecular complexity index is 1450. The van der Waals surface area contributed by atoms with Crippen molar-refractivity contribution in [1.82, 2.24) is 4.98 Å². The maximum absolute atomic E-state index is 13.9. The first-order valence-electron chi connectivity index (χ1n) is 10.5. The zero-order chi connectivity index (χ0) is 22.9. The molecule has 0 fully saturated rings. The Hall–Kier alpha value is -4.25. The van der Waals surface area contributed by atoms with E-state index in [-0.39, 0.29) is 12.2 Å². The normalized spacial score (nSPS) is 14.1. The van der Waals surface area contributed by atoms with Crippen molar-refractivity contribution in [1.29, 1.82) is 0 Å². The molecule has 0 bridgehead atoms. The number of fused-ring (bicyclic) bond motifs is 2. The van der Waals surface area contributed by atoms with E-state index in [4.69, 9.17) is 4.74 Å². The molecule has 0 saturated carbocycles. The number of hydrogen-bond acceptors (Lipinski definition) is 3. The van der Waals surface area contributed by atoms with Gasteiger partial charge in [0.25, 0.3) is 0 Å². The second kappa shape index (κ2) is 8.36. The van der Waals surface area contributed by atoms with Crippen molar-refractivity contribution in [2.45, 2.75) is 13.3 Å². The lowest BCUT2D eigenvalue weighted by atomic mass is 10.0. The summed E-state index contributed by atoms with van der Waals surface area (Å²) < 4.78 is 20.0. The van der Waals surface area contributed by atoms with Crippen LogP contribution in [0.5, 0.6) is 11.5 Å². The topological polar surface area (TPSA) is 59.4 Å². The van der Waals surface area contributed by atoms with Gasteiger partial charge in [0.05, 0.1) is 11.9 Å². The summed E-state index contributed by atoms with van der Waals surface area (Å²) in [5.41, 5.74) is 5.68. The fraction of sp³-hybridized carbons (Fsp3) is 0.0714. The van der Waals surface area contributed by atoms with Crippen molar-refractivity contribution in [2.75, 3.05) is 0 Å². The van der Waals surface area contributed by atoms with Gasteiger partial charge in [-0.1, -0.05) is 24.3 Å². The number of nitrogens with zero attached hydrogens (tertiary/aromatic N) is 1. The molecule has 0 radical (unpaired) electrons. The van der Waals surface area contributed by atoms with Crippen molar-refractivity contribution in [2.24, 2.45) is 0 Å². The highest BCUT2D eigenvalue weighted by Crippen LogP contribution is 2.44. The van der Waals surface area contributed by atoms with E-state index in [1.54, 1.807) is 12.3 Å². The van der Waals surface area contributed by atoms with E-state index in [0.29, 0.717) is 16.9 Å². The average molecular weight is 437 g/mol. The van der Waals surface area contributed by atoms with Crippen molar-refractivity contribution in [3.8, 4) is 11.5 Å². The van der Waals surface area contributed by atoms with Crippen LogP contribution in [0.15, 0.2) is 84.6 Å². The minimum absolute atomic E-state index is 0.147. The van der Waals surface area contributed by atoms with Crippen LogP contribution < -0.4 is 4.74 Å². The van der Waals surface area contributed by atoms with E-state index < -0.39 is 5.97 Å². The Labute approximate surface area is 190 Å². The van der Waals surface area contributed by atoms with Gasteiger partial charge in [-0.2, -0.15) is 0 Å². The molecular weight excluding hydrogens is 417 g/mol. The van der Waals surface area contributed by atoms with Gasteiger partial charge in [0.2, 0.25) is 0 Å². The molecule has 33 heavy (non-hydrogen) atoms. The largest absolute Gasteiger partial charge is 0.481 e. The van der Waals surface area contributed by atoms with Crippen LogP contribution in [0.4, 0.5) is 4.39 Å². The predicted molar refractivity (Wildman–Crippen MR) is 127 cm³/mol. The second-order valence-electron chi connectivity index (χ2n) is 7.92. The van der Waals surface area contributed by atoms with Crippen molar-refractivity contribution in [3.05, 3.63) is 107 Å². The molecule has 5 rings (SSSR count). The van der Waals surface area contributed by atoms with Crippen molar-refractivity contribution in [3.63, 3.8) is 0 Å². The fourth-order valence-electron chi connectivity index (χ4n) is 4.22. The zero-order valence-corrected chi connectivity index (χ0v) is 17.9. The number of allylic oxidation sites excluding steroid dienone is 2. The smallest absolute Gasteiger partial charge is 0.307 e. The number of pyridine rings is 1. The number of carboxylic acid groups (broad SMARTS) is 1. The number of rotatable bonds is 5. The first kappa shape index (κ1) is 20.6. The van der Waals surface area contributed by atoms with E-state index in [1.165, 1.54) is 12.1 Å². The minimum Gasteiger partial charge on any atom is -0.481 e. The molecule has 4 nitrogen and oxygen atoms in total. The predicted octanol–water partition coefficient (Wildman–Crippen LogP) is 6.97. The summed E-state index contributed by atoms with van der Waals surface area (Å²) in [7, 11) is 0. The minimum atomic E-state index is -0.939. The average Bonchev–Trinajstić information content (AvgIpc) is 3.05. The van der Waals surface area contributed by atoms with Gasteiger partial charge < -0.3 is 9.84 Å².